The predicted octanol–water partition coefficient (Wildman–Crippen LogP) is 0.671. The summed E-state index contributed by atoms with van der Waals surface area (Å²) < 4.78 is 0. The van der Waals surface area contributed by atoms with Gasteiger partial charge in [-0.3, -0.25) is 5.14 Å². The van der Waals surface area contributed by atoms with E-state index in [1.807, 2.05) is 4.90 Å². The molecule has 0 saturated carbocycles. The molecule has 0 radical (unpaired) electrons. The third kappa shape index (κ3) is 2.71. The number of fused-ring (bicyclic) bond motifs is 1. The van der Waals surface area contributed by atoms with Crippen LogP contribution in [0.15, 0.2) is 0 Å². The summed E-state index contributed by atoms with van der Waals surface area (Å²) in [5, 5.41) is 6.16. The molecule has 0 aliphatic carbocycles. The smallest absolute Gasteiger partial charge is 0.320 e. The summed E-state index contributed by atoms with van der Waals surface area (Å²) in [5.74, 6) is 1.40. The van der Waals surface area contributed by atoms with E-state index in [-0.39, 0.29) is 6.03 Å². The molecule has 2 N–H and O–H groups in total. The molecule has 3 fully saturated rings. The van der Waals surface area contributed by atoms with Crippen molar-refractivity contribution in [3.05, 3.63) is 0 Å². The van der Waals surface area contributed by atoms with Gasteiger partial charge in [-0.05, 0) is 31.7 Å². The minimum Gasteiger partial charge on any atom is -0.325 e. The van der Waals surface area contributed by atoms with Crippen LogP contribution in [0.5, 0.6) is 0 Å². The molecule has 3 aliphatic rings. The average molecular weight is 284 g/mol. The maximum Gasteiger partial charge on any atom is 0.320 e. The lowest BCUT2D eigenvalue weighted by Gasteiger charge is -2.34. The van der Waals surface area contributed by atoms with E-state index in [1.54, 1.807) is 0 Å². The van der Waals surface area contributed by atoms with Gasteiger partial charge in [-0.25, -0.2) is 4.79 Å². The van der Waals surface area contributed by atoms with Crippen molar-refractivity contribution < 1.29 is 4.79 Å². The van der Waals surface area contributed by atoms with Gasteiger partial charge >= 0.3 is 6.03 Å². The van der Waals surface area contributed by atoms with Crippen molar-refractivity contribution in [2.75, 3.05) is 46.3 Å². The lowest BCUT2D eigenvalue weighted by Crippen LogP contribution is -2.47. The van der Waals surface area contributed by atoms with E-state index >= 15 is 0 Å². The third-order valence-electron chi connectivity index (χ3n) is 4.84. The van der Waals surface area contributed by atoms with Crippen molar-refractivity contribution in [3.63, 3.8) is 0 Å². The van der Waals surface area contributed by atoms with Crippen LogP contribution in [0.1, 0.15) is 12.8 Å². The standard InChI is InChI=1S/C13H24N4OS/c1-15-6-10-8-17(9-11(10)7-15)13(18)16-4-2-12(19-14)3-5-16/h10-12H,2-9,14H2,1H3. The predicted molar refractivity (Wildman–Crippen MR) is 77.8 cm³/mol. The van der Waals surface area contributed by atoms with Crippen LogP contribution in [0.2, 0.25) is 0 Å². The van der Waals surface area contributed by atoms with E-state index in [0.29, 0.717) is 17.1 Å². The Balaban J connectivity index is 1.52. The van der Waals surface area contributed by atoms with E-state index in [1.165, 1.54) is 11.9 Å². The summed E-state index contributed by atoms with van der Waals surface area (Å²) in [5.41, 5.74) is 0. The molecule has 0 aromatic carbocycles. The first kappa shape index (κ1) is 13.5. The van der Waals surface area contributed by atoms with Crippen molar-refractivity contribution in [1.29, 1.82) is 0 Å². The van der Waals surface area contributed by atoms with Gasteiger partial charge in [0.1, 0.15) is 0 Å². The Bertz CT molecular complexity index is 332. The van der Waals surface area contributed by atoms with Crippen molar-refractivity contribution in [3.8, 4) is 0 Å². The fourth-order valence-electron chi connectivity index (χ4n) is 3.77. The van der Waals surface area contributed by atoms with Gasteiger partial charge in [-0.1, -0.05) is 11.9 Å². The molecular formula is C13H24N4OS. The zero-order valence-electron chi connectivity index (χ0n) is 11.6. The zero-order valence-corrected chi connectivity index (χ0v) is 12.4. The van der Waals surface area contributed by atoms with E-state index < -0.39 is 0 Å². The molecule has 5 nitrogen and oxygen atoms in total. The lowest BCUT2D eigenvalue weighted by molar-refractivity contribution is 0.148. The Hall–Kier alpha value is -0.460. The average Bonchev–Trinajstić information content (AvgIpc) is 2.95. The number of hydrogen-bond donors (Lipinski definition) is 1. The number of amides is 2. The Morgan fingerprint density at radius 1 is 1.05 bits per heavy atom. The van der Waals surface area contributed by atoms with Crippen LogP contribution in [0.25, 0.3) is 0 Å². The molecule has 0 spiro atoms. The lowest BCUT2D eigenvalue weighted by atomic mass is 10.0. The van der Waals surface area contributed by atoms with Crippen LogP contribution < -0.4 is 5.14 Å². The van der Waals surface area contributed by atoms with Crippen molar-refractivity contribution in [2.45, 2.75) is 18.1 Å². The summed E-state index contributed by atoms with van der Waals surface area (Å²) in [4.78, 5) is 19.0. The first-order valence-corrected chi connectivity index (χ1v) is 8.19. The minimum absolute atomic E-state index is 0.262. The van der Waals surface area contributed by atoms with E-state index in [4.69, 9.17) is 5.14 Å². The van der Waals surface area contributed by atoms with Gasteiger partial charge in [0.15, 0.2) is 0 Å². The summed E-state index contributed by atoms with van der Waals surface area (Å²) in [7, 11) is 2.18. The summed E-state index contributed by atoms with van der Waals surface area (Å²) >= 11 is 1.45. The highest BCUT2D eigenvalue weighted by atomic mass is 32.2. The zero-order chi connectivity index (χ0) is 13.4. The second kappa shape index (κ2) is 5.50. The third-order valence-corrected chi connectivity index (χ3v) is 5.70. The first-order valence-electron chi connectivity index (χ1n) is 7.25. The van der Waals surface area contributed by atoms with Crippen molar-refractivity contribution in [2.24, 2.45) is 17.0 Å². The van der Waals surface area contributed by atoms with Gasteiger partial charge in [0.25, 0.3) is 0 Å². The number of piperidine rings is 1. The second-order valence-electron chi connectivity index (χ2n) is 6.25. The van der Waals surface area contributed by atoms with E-state index in [9.17, 15) is 4.79 Å². The molecule has 0 aromatic heterocycles. The quantitative estimate of drug-likeness (QED) is 0.719. The Morgan fingerprint density at radius 2 is 1.63 bits per heavy atom. The Labute approximate surface area is 119 Å². The number of carbonyl (C=O) groups excluding carboxylic acids is 1. The molecule has 108 valence electrons. The number of carbonyl (C=O) groups is 1. The second-order valence-corrected chi connectivity index (χ2v) is 7.19. The van der Waals surface area contributed by atoms with E-state index in [2.05, 4.69) is 16.8 Å². The summed E-state index contributed by atoms with van der Waals surface area (Å²) in [6.45, 7) is 5.97. The molecule has 3 saturated heterocycles. The van der Waals surface area contributed by atoms with Crippen LogP contribution >= 0.6 is 11.9 Å². The van der Waals surface area contributed by atoms with Gasteiger partial charge in [-0.15, -0.1) is 0 Å². The molecule has 3 rings (SSSR count). The first-order chi connectivity index (χ1) is 9.17. The molecule has 2 atom stereocenters. The number of likely N-dealkylation sites (tertiary alicyclic amines) is 3. The minimum atomic E-state index is 0.262. The highest BCUT2D eigenvalue weighted by Gasteiger charge is 2.41. The summed E-state index contributed by atoms with van der Waals surface area (Å²) in [6, 6.07) is 0.262. The molecule has 3 heterocycles. The Morgan fingerprint density at radius 3 is 2.16 bits per heavy atom. The summed E-state index contributed by atoms with van der Waals surface area (Å²) in [6.07, 6.45) is 2.08. The Kier molecular flexibility index (Phi) is 3.91. The molecular weight excluding hydrogens is 260 g/mol. The highest BCUT2D eigenvalue weighted by Crippen LogP contribution is 2.31. The number of rotatable bonds is 1. The maximum absolute atomic E-state index is 12.5. The van der Waals surface area contributed by atoms with Gasteiger partial charge in [0.05, 0.1) is 0 Å². The van der Waals surface area contributed by atoms with Crippen LogP contribution in [-0.2, 0) is 0 Å². The molecule has 19 heavy (non-hydrogen) atoms. The number of urea groups is 1. The topological polar surface area (TPSA) is 52.8 Å². The monoisotopic (exact) mass is 284 g/mol. The highest BCUT2D eigenvalue weighted by molar-refractivity contribution is 7.97. The van der Waals surface area contributed by atoms with Gasteiger partial charge in [0, 0.05) is 44.5 Å². The number of nitrogens with zero attached hydrogens (tertiary/aromatic N) is 3. The van der Waals surface area contributed by atoms with Gasteiger partial charge < -0.3 is 14.7 Å². The fraction of sp³-hybridized carbons (Fsp3) is 0.923. The molecule has 3 aliphatic heterocycles. The number of hydrogen-bond acceptors (Lipinski definition) is 4. The normalized spacial score (nSPS) is 32.9. The van der Waals surface area contributed by atoms with Crippen molar-refractivity contribution >= 4 is 18.0 Å². The molecule has 2 amide bonds. The van der Waals surface area contributed by atoms with Crippen molar-refractivity contribution in [1.82, 2.24) is 14.7 Å². The van der Waals surface area contributed by atoms with Crippen LogP contribution in [0.4, 0.5) is 4.79 Å². The molecule has 6 heteroatoms. The van der Waals surface area contributed by atoms with Crippen LogP contribution in [-0.4, -0.2) is 72.3 Å². The maximum atomic E-state index is 12.5. The van der Waals surface area contributed by atoms with Gasteiger partial charge in [-0.2, -0.15) is 0 Å². The molecule has 0 bridgehead atoms. The van der Waals surface area contributed by atoms with E-state index in [0.717, 1.165) is 52.1 Å². The molecule has 0 aromatic rings. The fourth-order valence-corrected chi connectivity index (χ4v) is 4.25. The molecule has 2 unspecified atom stereocenters. The number of nitrogens with two attached hydrogens (primary N) is 1. The van der Waals surface area contributed by atoms with Crippen LogP contribution in [0, 0.1) is 11.8 Å². The largest absolute Gasteiger partial charge is 0.325 e. The SMILES string of the molecule is CN1CC2CN(C(=O)N3CCC(SN)CC3)CC2C1. The van der Waals surface area contributed by atoms with Gasteiger partial charge in [0.2, 0.25) is 0 Å². The van der Waals surface area contributed by atoms with Crippen LogP contribution in [0.3, 0.4) is 0 Å².